The Labute approximate surface area is 116 Å². The molecule has 0 radical (unpaired) electrons. The molecule has 0 bridgehead atoms. The first kappa shape index (κ1) is 12.4. The van der Waals surface area contributed by atoms with Crippen molar-refractivity contribution in [3.8, 4) is 16.9 Å². The fourth-order valence-corrected chi connectivity index (χ4v) is 3.02. The van der Waals surface area contributed by atoms with E-state index in [1.807, 2.05) is 6.07 Å². The molecule has 0 saturated carbocycles. The molecule has 3 rings (SSSR count). The SMILES string of the molecule is Cn1ncc(-c2cc3c(c(Cl)c2O)CCCC3)c1N. The topological polar surface area (TPSA) is 64.1 Å². The lowest BCUT2D eigenvalue weighted by molar-refractivity contribution is 0.475. The van der Waals surface area contributed by atoms with Gasteiger partial charge >= 0.3 is 0 Å². The fraction of sp³-hybridized carbons (Fsp3) is 0.357. The van der Waals surface area contributed by atoms with E-state index in [-0.39, 0.29) is 5.75 Å². The van der Waals surface area contributed by atoms with Crippen molar-refractivity contribution < 1.29 is 5.11 Å². The molecule has 5 heteroatoms. The Hall–Kier alpha value is -1.68. The predicted molar refractivity (Wildman–Crippen MR) is 76.4 cm³/mol. The summed E-state index contributed by atoms with van der Waals surface area (Å²) in [4.78, 5) is 0. The molecule has 0 amide bonds. The van der Waals surface area contributed by atoms with Crippen LogP contribution in [-0.4, -0.2) is 14.9 Å². The lowest BCUT2D eigenvalue weighted by atomic mass is 9.88. The number of aromatic hydroxyl groups is 1. The van der Waals surface area contributed by atoms with E-state index in [1.54, 1.807) is 17.9 Å². The van der Waals surface area contributed by atoms with Gasteiger partial charge in [-0.25, -0.2) is 0 Å². The number of fused-ring (bicyclic) bond motifs is 1. The molecule has 0 fully saturated rings. The summed E-state index contributed by atoms with van der Waals surface area (Å²) in [5.74, 6) is 0.643. The van der Waals surface area contributed by atoms with Crippen LogP contribution in [0, 0.1) is 0 Å². The Balaban J connectivity index is 2.22. The minimum absolute atomic E-state index is 0.113. The number of benzene rings is 1. The highest BCUT2D eigenvalue weighted by atomic mass is 35.5. The van der Waals surface area contributed by atoms with Crippen LogP contribution in [0.4, 0.5) is 5.82 Å². The van der Waals surface area contributed by atoms with Gasteiger partial charge < -0.3 is 10.8 Å². The number of nitrogens with two attached hydrogens (primary N) is 1. The zero-order chi connectivity index (χ0) is 13.6. The summed E-state index contributed by atoms with van der Waals surface area (Å²) in [6, 6.07) is 2.00. The molecule has 2 aromatic rings. The van der Waals surface area contributed by atoms with Gasteiger partial charge in [-0.2, -0.15) is 5.10 Å². The molecular weight excluding hydrogens is 262 g/mol. The maximum absolute atomic E-state index is 10.3. The third kappa shape index (κ3) is 1.87. The summed E-state index contributed by atoms with van der Waals surface area (Å²) >= 11 is 6.31. The minimum Gasteiger partial charge on any atom is -0.506 e. The molecule has 19 heavy (non-hydrogen) atoms. The van der Waals surface area contributed by atoms with E-state index in [0.717, 1.165) is 36.8 Å². The van der Waals surface area contributed by atoms with Gasteiger partial charge in [-0.3, -0.25) is 4.68 Å². The number of phenolic OH excluding ortho intramolecular Hbond substituents is 1. The van der Waals surface area contributed by atoms with Crippen LogP contribution in [0.3, 0.4) is 0 Å². The highest BCUT2D eigenvalue weighted by Gasteiger charge is 2.21. The van der Waals surface area contributed by atoms with E-state index in [4.69, 9.17) is 17.3 Å². The van der Waals surface area contributed by atoms with Gasteiger partial charge in [-0.15, -0.1) is 0 Å². The molecule has 1 aromatic heterocycles. The molecule has 1 aliphatic carbocycles. The molecule has 4 nitrogen and oxygen atoms in total. The van der Waals surface area contributed by atoms with Gasteiger partial charge in [-0.1, -0.05) is 11.6 Å². The summed E-state index contributed by atoms with van der Waals surface area (Å²) in [5, 5.41) is 14.9. The molecular formula is C14H16ClN3O. The van der Waals surface area contributed by atoms with Crippen LogP contribution in [0.25, 0.3) is 11.1 Å². The van der Waals surface area contributed by atoms with Gasteiger partial charge in [0.25, 0.3) is 0 Å². The van der Waals surface area contributed by atoms with Gasteiger partial charge in [-0.05, 0) is 42.9 Å². The van der Waals surface area contributed by atoms with Crippen LogP contribution < -0.4 is 5.73 Å². The Morgan fingerprint density at radius 3 is 2.74 bits per heavy atom. The lowest BCUT2D eigenvalue weighted by Gasteiger charge is -2.19. The molecule has 1 aliphatic rings. The monoisotopic (exact) mass is 277 g/mol. The highest BCUT2D eigenvalue weighted by molar-refractivity contribution is 6.33. The standard InChI is InChI=1S/C14H16ClN3O/c1-18-14(16)11(7-17-18)10-6-8-4-2-3-5-9(8)12(15)13(10)19/h6-7,19H,2-5,16H2,1H3. The van der Waals surface area contributed by atoms with Crippen LogP contribution in [0.2, 0.25) is 5.02 Å². The fourth-order valence-electron chi connectivity index (χ4n) is 2.70. The zero-order valence-electron chi connectivity index (χ0n) is 10.8. The minimum atomic E-state index is 0.113. The molecule has 0 aliphatic heterocycles. The summed E-state index contributed by atoms with van der Waals surface area (Å²) in [5.41, 5.74) is 9.68. The van der Waals surface area contributed by atoms with Crippen molar-refractivity contribution in [1.29, 1.82) is 0 Å². The van der Waals surface area contributed by atoms with E-state index in [2.05, 4.69) is 5.10 Å². The van der Waals surface area contributed by atoms with E-state index in [9.17, 15) is 5.11 Å². The smallest absolute Gasteiger partial charge is 0.142 e. The number of hydrogen-bond donors (Lipinski definition) is 2. The van der Waals surface area contributed by atoms with Crippen LogP contribution in [0.5, 0.6) is 5.75 Å². The molecule has 0 saturated heterocycles. The molecule has 1 heterocycles. The number of aromatic nitrogens is 2. The number of anilines is 1. The molecule has 1 aromatic carbocycles. The normalized spacial score (nSPS) is 14.4. The second-order valence-electron chi connectivity index (χ2n) is 5.00. The number of rotatable bonds is 1. The van der Waals surface area contributed by atoms with Gasteiger partial charge in [0.1, 0.15) is 11.6 Å². The second-order valence-corrected chi connectivity index (χ2v) is 5.38. The Bertz CT molecular complexity index is 649. The summed E-state index contributed by atoms with van der Waals surface area (Å²) < 4.78 is 1.59. The van der Waals surface area contributed by atoms with Crippen LogP contribution >= 0.6 is 11.6 Å². The van der Waals surface area contributed by atoms with Crippen LogP contribution in [0.15, 0.2) is 12.3 Å². The molecule has 0 atom stereocenters. The summed E-state index contributed by atoms with van der Waals surface area (Å²) in [6.45, 7) is 0. The quantitative estimate of drug-likeness (QED) is 0.842. The average Bonchev–Trinajstić information content (AvgIpc) is 2.75. The first-order chi connectivity index (χ1) is 9.09. The average molecular weight is 278 g/mol. The Morgan fingerprint density at radius 1 is 1.32 bits per heavy atom. The maximum Gasteiger partial charge on any atom is 0.142 e. The van der Waals surface area contributed by atoms with Gasteiger partial charge in [0, 0.05) is 18.2 Å². The Morgan fingerprint density at radius 2 is 2.05 bits per heavy atom. The van der Waals surface area contributed by atoms with Crippen LogP contribution in [-0.2, 0) is 19.9 Å². The highest BCUT2D eigenvalue weighted by Crippen LogP contribution is 2.43. The number of halogens is 1. The second kappa shape index (κ2) is 4.46. The van der Waals surface area contributed by atoms with Gasteiger partial charge in [0.05, 0.1) is 11.2 Å². The first-order valence-corrected chi connectivity index (χ1v) is 6.78. The maximum atomic E-state index is 10.3. The lowest BCUT2D eigenvalue weighted by Crippen LogP contribution is -2.04. The van der Waals surface area contributed by atoms with Crippen molar-refractivity contribution in [3.63, 3.8) is 0 Å². The third-order valence-electron chi connectivity index (χ3n) is 3.83. The van der Waals surface area contributed by atoms with E-state index >= 15 is 0 Å². The van der Waals surface area contributed by atoms with E-state index in [1.165, 1.54) is 5.56 Å². The van der Waals surface area contributed by atoms with Gasteiger partial charge in [0.2, 0.25) is 0 Å². The molecule has 3 N–H and O–H groups in total. The molecule has 0 unspecified atom stereocenters. The van der Waals surface area contributed by atoms with Crippen molar-refractivity contribution in [2.45, 2.75) is 25.7 Å². The number of phenols is 1. The van der Waals surface area contributed by atoms with E-state index in [0.29, 0.717) is 16.4 Å². The van der Waals surface area contributed by atoms with E-state index < -0.39 is 0 Å². The van der Waals surface area contributed by atoms with Crippen molar-refractivity contribution in [3.05, 3.63) is 28.4 Å². The van der Waals surface area contributed by atoms with Gasteiger partial charge in [0.15, 0.2) is 0 Å². The van der Waals surface area contributed by atoms with Crippen molar-refractivity contribution >= 4 is 17.4 Å². The summed E-state index contributed by atoms with van der Waals surface area (Å²) in [6.07, 6.45) is 5.89. The largest absolute Gasteiger partial charge is 0.506 e. The number of aryl methyl sites for hydroxylation is 2. The van der Waals surface area contributed by atoms with Crippen molar-refractivity contribution in [1.82, 2.24) is 9.78 Å². The predicted octanol–water partition coefficient (Wildman–Crippen LogP) is 2.91. The zero-order valence-corrected chi connectivity index (χ0v) is 11.5. The summed E-state index contributed by atoms with van der Waals surface area (Å²) in [7, 11) is 1.77. The molecule has 100 valence electrons. The number of nitrogens with zero attached hydrogens (tertiary/aromatic N) is 2. The molecule has 0 spiro atoms. The number of nitrogen functional groups attached to an aromatic ring is 1. The third-order valence-corrected chi connectivity index (χ3v) is 4.24. The van der Waals surface area contributed by atoms with Crippen molar-refractivity contribution in [2.75, 3.05) is 5.73 Å². The Kier molecular flexibility index (Phi) is 2.90. The first-order valence-electron chi connectivity index (χ1n) is 6.40. The number of hydrogen-bond acceptors (Lipinski definition) is 3. The van der Waals surface area contributed by atoms with Crippen molar-refractivity contribution in [2.24, 2.45) is 7.05 Å². The van der Waals surface area contributed by atoms with Crippen LogP contribution in [0.1, 0.15) is 24.0 Å².